The Morgan fingerprint density at radius 1 is 1.23 bits per heavy atom. The van der Waals surface area contributed by atoms with Crippen LogP contribution in [0.1, 0.15) is 28.4 Å². The molecule has 0 unspecified atom stereocenters. The first-order valence-corrected chi connectivity index (χ1v) is 9.83. The number of aromatic nitrogens is 2. The Bertz CT molecular complexity index is 919. The first-order valence-electron chi connectivity index (χ1n) is 9.02. The molecule has 0 N–H and O–H groups in total. The summed E-state index contributed by atoms with van der Waals surface area (Å²) in [7, 11) is 1.72. The number of thiazole rings is 1. The van der Waals surface area contributed by atoms with Crippen LogP contribution >= 0.6 is 11.3 Å². The average molecular weight is 372 g/mol. The van der Waals surface area contributed by atoms with Crippen molar-refractivity contribution in [1.82, 2.24) is 14.5 Å². The number of aryl methyl sites for hydroxylation is 3. The Hall–Kier alpha value is -1.99. The highest BCUT2D eigenvalue weighted by Gasteiger charge is 2.54. The van der Waals surface area contributed by atoms with Gasteiger partial charge in [-0.25, -0.2) is 4.98 Å². The molecule has 0 aliphatic carbocycles. The number of amides is 1. The van der Waals surface area contributed by atoms with E-state index in [4.69, 9.17) is 0 Å². The van der Waals surface area contributed by atoms with Gasteiger partial charge in [0.15, 0.2) is 0 Å². The lowest BCUT2D eigenvalue weighted by Gasteiger charge is -2.53. The summed E-state index contributed by atoms with van der Waals surface area (Å²) in [6, 6.07) is 3.27. The highest BCUT2D eigenvalue weighted by atomic mass is 32.1. The minimum atomic E-state index is -0.263. The van der Waals surface area contributed by atoms with Crippen molar-refractivity contribution in [3.63, 3.8) is 0 Å². The minimum Gasteiger partial charge on any atom is -0.317 e. The van der Waals surface area contributed by atoms with Gasteiger partial charge in [0.05, 0.1) is 21.8 Å². The molecular formula is C19H24N4O2S. The van der Waals surface area contributed by atoms with Crippen molar-refractivity contribution in [3.8, 4) is 0 Å². The number of hydrogen-bond donors (Lipinski definition) is 0. The molecule has 0 bridgehead atoms. The van der Waals surface area contributed by atoms with Gasteiger partial charge in [-0.1, -0.05) is 0 Å². The fraction of sp³-hybridized carbons (Fsp3) is 0.526. The lowest BCUT2D eigenvalue weighted by molar-refractivity contribution is -0.139. The van der Waals surface area contributed by atoms with E-state index in [1.54, 1.807) is 30.6 Å². The molecule has 138 valence electrons. The summed E-state index contributed by atoms with van der Waals surface area (Å²) < 4.78 is 1.52. The molecule has 6 nitrogen and oxygen atoms in total. The lowest BCUT2D eigenvalue weighted by atomic mass is 9.72. The largest absolute Gasteiger partial charge is 0.317 e. The van der Waals surface area contributed by atoms with Crippen LogP contribution in [0.2, 0.25) is 0 Å². The number of rotatable bonds is 3. The number of β-lactam (4-membered cyclic amide) rings is 1. The SMILES string of the molecule is Cc1nc(C)c(CN2CCC[C@@]3(C2)CN(c2ccc(=O)n(C)c2)C3=O)s1. The molecule has 2 aliphatic rings. The number of carbonyl (C=O) groups excluding carboxylic acids is 1. The summed E-state index contributed by atoms with van der Waals surface area (Å²) in [4.78, 5) is 34.6. The molecule has 1 spiro atoms. The van der Waals surface area contributed by atoms with Crippen LogP contribution in [0.15, 0.2) is 23.1 Å². The van der Waals surface area contributed by atoms with Gasteiger partial charge in [0.2, 0.25) is 11.5 Å². The fourth-order valence-corrected chi connectivity index (χ4v) is 5.15. The van der Waals surface area contributed by atoms with Crippen molar-refractivity contribution in [2.24, 2.45) is 12.5 Å². The van der Waals surface area contributed by atoms with E-state index in [0.29, 0.717) is 0 Å². The van der Waals surface area contributed by atoms with Crippen LogP contribution in [-0.2, 0) is 18.4 Å². The zero-order chi connectivity index (χ0) is 18.5. The lowest BCUT2D eigenvalue weighted by Crippen LogP contribution is -2.67. The standard InChI is InChI=1S/C19H24N4O2S/c1-13-16(26-14(2)20-13)10-22-8-4-7-19(11-22)12-23(18(19)25)15-5-6-17(24)21(3)9-15/h5-6,9H,4,7-8,10-12H2,1-3H3/t19-/m1/s1. The van der Waals surface area contributed by atoms with Crippen LogP contribution in [-0.4, -0.2) is 40.0 Å². The van der Waals surface area contributed by atoms with Gasteiger partial charge >= 0.3 is 0 Å². The maximum Gasteiger partial charge on any atom is 0.250 e. The summed E-state index contributed by atoms with van der Waals surface area (Å²) in [5.74, 6) is 0.193. The number of piperidine rings is 1. The second-order valence-electron chi connectivity index (χ2n) is 7.56. The average Bonchev–Trinajstić information content (AvgIpc) is 2.92. The molecule has 2 aliphatic heterocycles. The predicted molar refractivity (Wildman–Crippen MR) is 103 cm³/mol. The molecule has 2 aromatic heterocycles. The molecule has 0 radical (unpaired) electrons. The Morgan fingerprint density at radius 2 is 2.04 bits per heavy atom. The smallest absolute Gasteiger partial charge is 0.250 e. The molecular weight excluding hydrogens is 348 g/mol. The third-order valence-corrected chi connectivity index (χ3v) is 6.62. The van der Waals surface area contributed by atoms with Gasteiger partial charge in [-0.3, -0.25) is 14.5 Å². The number of anilines is 1. The Kier molecular flexibility index (Phi) is 4.23. The van der Waals surface area contributed by atoms with Gasteiger partial charge in [-0.15, -0.1) is 11.3 Å². The van der Waals surface area contributed by atoms with E-state index < -0.39 is 0 Å². The predicted octanol–water partition coefficient (Wildman–Crippen LogP) is 2.09. The van der Waals surface area contributed by atoms with Crippen LogP contribution < -0.4 is 10.5 Å². The van der Waals surface area contributed by atoms with Crippen molar-refractivity contribution in [2.45, 2.75) is 33.2 Å². The monoisotopic (exact) mass is 372 g/mol. The zero-order valence-electron chi connectivity index (χ0n) is 15.5. The third kappa shape index (κ3) is 2.89. The number of carbonyl (C=O) groups is 1. The van der Waals surface area contributed by atoms with E-state index in [2.05, 4.69) is 16.8 Å². The molecule has 4 rings (SSSR count). The van der Waals surface area contributed by atoms with Crippen molar-refractivity contribution in [2.75, 3.05) is 24.5 Å². The highest BCUT2D eigenvalue weighted by Crippen LogP contribution is 2.43. The summed E-state index contributed by atoms with van der Waals surface area (Å²) >= 11 is 1.75. The molecule has 4 heterocycles. The van der Waals surface area contributed by atoms with Gasteiger partial charge in [0, 0.05) is 43.8 Å². The molecule has 2 aromatic rings. The van der Waals surface area contributed by atoms with Crippen LogP contribution in [0.25, 0.3) is 0 Å². The van der Waals surface area contributed by atoms with Gasteiger partial charge in [0.1, 0.15) is 0 Å². The van der Waals surface area contributed by atoms with Gasteiger partial charge in [-0.05, 0) is 39.3 Å². The summed E-state index contributed by atoms with van der Waals surface area (Å²) in [5.41, 5.74) is 1.60. The van der Waals surface area contributed by atoms with E-state index in [0.717, 1.165) is 55.4 Å². The highest BCUT2D eigenvalue weighted by molar-refractivity contribution is 7.11. The maximum absolute atomic E-state index is 13.0. The summed E-state index contributed by atoms with van der Waals surface area (Å²) in [6.07, 6.45) is 3.74. The molecule has 2 saturated heterocycles. The Morgan fingerprint density at radius 3 is 2.69 bits per heavy atom. The van der Waals surface area contributed by atoms with Crippen LogP contribution in [0, 0.1) is 19.3 Å². The van der Waals surface area contributed by atoms with Crippen molar-refractivity contribution in [1.29, 1.82) is 0 Å². The van der Waals surface area contributed by atoms with Crippen molar-refractivity contribution < 1.29 is 4.79 Å². The van der Waals surface area contributed by atoms with E-state index in [1.807, 2.05) is 11.8 Å². The van der Waals surface area contributed by atoms with Gasteiger partial charge in [-0.2, -0.15) is 0 Å². The fourth-order valence-electron chi connectivity index (χ4n) is 4.17. The van der Waals surface area contributed by atoms with Crippen LogP contribution in [0.5, 0.6) is 0 Å². The van der Waals surface area contributed by atoms with E-state index >= 15 is 0 Å². The van der Waals surface area contributed by atoms with Crippen LogP contribution in [0.4, 0.5) is 5.69 Å². The summed E-state index contributed by atoms with van der Waals surface area (Å²) in [5, 5.41) is 1.10. The molecule has 0 aromatic carbocycles. The summed E-state index contributed by atoms with van der Waals surface area (Å²) in [6.45, 7) is 7.57. The number of nitrogens with zero attached hydrogens (tertiary/aromatic N) is 4. The quantitative estimate of drug-likeness (QED) is 0.774. The van der Waals surface area contributed by atoms with Crippen LogP contribution in [0.3, 0.4) is 0 Å². The molecule has 7 heteroatoms. The van der Waals surface area contributed by atoms with Gasteiger partial charge < -0.3 is 9.47 Å². The van der Waals surface area contributed by atoms with E-state index in [9.17, 15) is 9.59 Å². The normalized spacial score (nSPS) is 23.5. The number of hydrogen-bond acceptors (Lipinski definition) is 5. The topological polar surface area (TPSA) is 58.4 Å². The number of pyridine rings is 1. The Balaban J connectivity index is 1.47. The molecule has 1 amide bonds. The van der Waals surface area contributed by atoms with E-state index in [-0.39, 0.29) is 16.9 Å². The van der Waals surface area contributed by atoms with Crippen molar-refractivity contribution in [3.05, 3.63) is 44.3 Å². The number of likely N-dealkylation sites (tertiary alicyclic amines) is 1. The van der Waals surface area contributed by atoms with Gasteiger partial charge in [0.25, 0.3) is 0 Å². The van der Waals surface area contributed by atoms with E-state index in [1.165, 1.54) is 15.5 Å². The zero-order valence-corrected chi connectivity index (χ0v) is 16.3. The molecule has 1 atom stereocenters. The molecule has 2 fully saturated rings. The van der Waals surface area contributed by atoms with Crippen molar-refractivity contribution >= 4 is 22.9 Å². The molecule has 0 saturated carbocycles. The third-order valence-electron chi connectivity index (χ3n) is 5.56. The first-order chi connectivity index (χ1) is 12.4. The Labute approximate surface area is 157 Å². The second kappa shape index (κ2) is 6.32. The maximum atomic E-state index is 13.0. The second-order valence-corrected chi connectivity index (χ2v) is 8.85. The minimum absolute atomic E-state index is 0.0597. The molecule has 26 heavy (non-hydrogen) atoms. The first kappa shape index (κ1) is 17.4.